The Morgan fingerprint density at radius 2 is 1.84 bits per heavy atom. The Balaban J connectivity index is 3.12. The lowest BCUT2D eigenvalue weighted by atomic mass is 9.90. The monoisotopic (exact) mass is 259 g/mol. The van der Waals surface area contributed by atoms with Gasteiger partial charge in [-0.1, -0.05) is 19.9 Å². The predicted octanol–water partition coefficient (Wildman–Crippen LogP) is 3.00. The van der Waals surface area contributed by atoms with E-state index in [-0.39, 0.29) is 28.4 Å². The summed E-state index contributed by atoms with van der Waals surface area (Å²) in [6, 6.07) is 4.44. The maximum Gasteiger partial charge on any atom is 0.169 e. The van der Waals surface area contributed by atoms with Crippen LogP contribution < -0.4 is 0 Å². The molecule has 2 aromatic carbocycles. The summed E-state index contributed by atoms with van der Waals surface area (Å²) >= 11 is 0. The topological polar surface area (TPSA) is 77.8 Å². The van der Waals surface area contributed by atoms with Gasteiger partial charge in [0.05, 0.1) is 5.56 Å². The fourth-order valence-electron chi connectivity index (χ4n) is 2.39. The molecule has 0 amide bonds. The van der Waals surface area contributed by atoms with Gasteiger partial charge in [0.1, 0.15) is 5.75 Å². The van der Waals surface area contributed by atoms with E-state index >= 15 is 0 Å². The van der Waals surface area contributed by atoms with Crippen LogP contribution >= 0.6 is 0 Å². The Hall–Kier alpha value is -2.23. The highest BCUT2D eigenvalue weighted by molar-refractivity contribution is 6.07. The second-order valence-electron chi connectivity index (χ2n) is 4.89. The van der Waals surface area contributed by atoms with Crippen LogP contribution in [0.3, 0.4) is 0 Å². The van der Waals surface area contributed by atoms with E-state index in [1.54, 1.807) is 13.0 Å². The number of fused-ring (bicyclic) bond motifs is 1. The molecule has 0 atom stereocenters. The van der Waals surface area contributed by atoms with Gasteiger partial charge < -0.3 is 15.3 Å². The molecule has 2 rings (SSSR count). The molecule has 0 aliphatic carbocycles. The second-order valence-corrected chi connectivity index (χ2v) is 4.89. The maximum absolute atomic E-state index is 11.1. The van der Waals surface area contributed by atoms with Crippen LogP contribution in [0.2, 0.25) is 0 Å². The molecular weight excluding hydrogens is 244 g/mol. The van der Waals surface area contributed by atoms with Crippen LogP contribution in [0.25, 0.3) is 10.8 Å². The van der Waals surface area contributed by atoms with E-state index in [1.807, 2.05) is 13.8 Å². The summed E-state index contributed by atoms with van der Waals surface area (Å²) in [4.78, 5) is 11.1. The first-order chi connectivity index (χ1) is 8.88. The Morgan fingerprint density at radius 1 is 1.21 bits per heavy atom. The summed E-state index contributed by atoms with van der Waals surface area (Å²) in [5.74, 6) is -1.09. The SMILES string of the molecule is Cc1[c]c(O)c2c(C=O)c(O)c(O)c(C(C)C)c2c1. The molecule has 19 heavy (non-hydrogen) atoms. The van der Waals surface area contributed by atoms with E-state index < -0.39 is 5.75 Å². The van der Waals surface area contributed by atoms with Gasteiger partial charge in [-0.05, 0) is 23.8 Å². The molecule has 0 heterocycles. The smallest absolute Gasteiger partial charge is 0.169 e. The van der Waals surface area contributed by atoms with Crippen LogP contribution in [0.4, 0.5) is 0 Å². The van der Waals surface area contributed by atoms with Crippen LogP contribution in [-0.4, -0.2) is 21.6 Å². The number of aryl methyl sites for hydroxylation is 1. The molecule has 0 aliphatic rings. The molecule has 0 saturated heterocycles. The van der Waals surface area contributed by atoms with Crippen molar-refractivity contribution >= 4 is 17.1 Å². The van der Waals surface area contributed by atoms with Crippen LogP contribution in [0.1, 0.15) is 41.3 Å². The Bertz CT molecular complexity index is 672. The second kappa shape index (κ2) is 4.46. The van der Waals surface area contributed by atoms with Crippen molar-refractivity contribution in [3.05, 3.63) is 28.8 Å². The van der Waals surface area contributed by atoms with Crippen molar-refractivity contribution in [3.8, 4) is 17.2 Å². The van der Waals surface area contributed by atoms with Gasteiger partial charge >= 0.3 is 0 Å². The van der Waals surface area contributed by atoms with Gasteiger partial charge in [-0.3, -0.25) is 4.79 Å². The number of hydrogen-bond acceptors (Lipinski definition) is 4. The van der Waals surface area contributed by atoms with Gasteiger partial charge in [-0.15, -0.1) is 0 Å². The van der Waals surface area contributed by atoms with Gasteiger partial charge in [-0.25, -0.2) is 0 Å². The molecule has 4 heteroatoms. The van der Waals surface area contributed by atoms with E-state index in [2.05, 4.69) is 6.07 Å². The standard InChI is InChI=1S/C15H15O4/c1-7(2)12-9-4-8(3)5-11(17)13(9)10(6-16)14(18)15(12)19/h4,6-7,17-19H,1-3H3. The van der Waals surface area contributed by atoms with Crippen molar-refractivity contribution < 1.29 is 20.1 Å². The van der Waals surface area contributed by atoms with Crippen molar-refractivity contribution in [1.82, 2.24) is 0 Å². The van der Waals surface area contributed by atoms with E-state index in [0.29, 0.717) is 22.8 Å². The van der Waals surface area contributed by atoms with E-state index in [4.69, 9.17) is 0 Å². The summed E-state index contributed by atoms with van der Waals surface area (Å²) in [5.41, 5.74) is 1.07. The third kappa shape index (κ3) is 1.89. The number of carbonyl (C=O) groups excluding carboxylic acids is 1. The van der Waals surface area contributed by atoms with Crippen LogP contribution in [0, 0.1) is 13.0 Å². The lowest BCUT2D eigenvalue weighted by Gasteiger charge is -2.17. The molecule has 0 aliphatic heterocycles. The first kappa shape index (κ1) is 13.2. The lowest BCUT2D eigenvalue weighted by molar-refractivity contribution is 0.112. The zero-order chi connectivity index (χ0) is 14.3. The number of phenolic OH excluding ortho intramolecular Hbond substituents is 3. The fraction of sp³-hybridized carbons (Fsp3) is 0.267. The van der Waals surface area contributed by atoms with Crippen molar-refractivity contribution in [3.63, 3.8) is 0 Å². The average Bonchev–Trinajstić information content (AvgIpc) is 2.31. The molecule has 4 nitrogen and oxygen atoms in total. The van der Waals surface area contributed by atoms with Crippen LogP contribution in [-0.2, 0) is 0 Å². The molecular formula is C15H15O4. The minimum atomic E-state index is -0.501. The normalized spacial score (nSPS) is 11.2. The molecule has 0 saturated carbocycles. The molecule has 1 radical (unpaired) electrons. The van der Waals surface area contributed by atoms with E-state index in [0.717, 1.165) is 0 Å². The third-order valence-corrected chi connectivity index (χ3v) is 3.17. The van der Waals surface area contributed by atoms with Gasteiger partial charge in [0.25, 0.3) is 0 Å². The quantitative estimate of drug-likeness (QED) is 0.572. The van der Waals surface area contributed by atoms with Gasteiger partial charge in [0.15, 0.2) is 17.8 Å². The van der Waals surface area contributed by atoms with E-state index in [1.165, 1.54) is 0 Å². The Morgan fingerprint density at radius 3 is 2.37 bits per heavy atom. The molecule has 0 bridgehead atoms. The highest BCUT2D eigenvalue weighted by Gasteiger charge is 2.22. The van der Waals surface area contributed by atoms with Crippen molar-refractivity contribution in [2.24, 2.45) is 0 Å². The Kier molecular flexibility index (Phi) is 3.10. The minimum Gasteiger partial charge on any atom is -0.507 e. The minimum absolute atomic E-state index is 0.0738. The molecule has 0 aromatic heterocycles. The van der Waals surface area contributed by atoms with Crippen molar-refractivity contribution in [2.45, 2.75) is 26.7 Å². The lowest BCUT2D eigenvalue weighted by Crippen LogP contribution is -1.96. The van der Waals surface area contributed by atoms with Gasteiger partial charge in [0.2, 0.25) is 0 Å². The molecule has 99 valence electrons. The summed E-state index contributed by atoms with van der Waals surface area (Å²) in [5, 5.41) is 30.7. The number of hydrogen-bond donors (Lipinski definition) is 3. The van der Waals surface area contributed by atoms with Crippen molar-refractivity contribution in [2.75, 3.05) is 0 Å². The van der Waals surface area contributed by atoms with Crippen LogP contribution in [0.5, 0.6) is 17.2 Å². The molecule has 0 spiro atoms. The summed E-state index contributed by atoms with van der Waals surface area (Å²) in [6.07, 6.45) is 0.421. The molecule has 3 N–H and O–H groups in total. The van der Waals surface area contributed by atoms with Gasteiger partial charge in [0, 0.05) is 17.0 Å². The average molecular weight is 259 g/mol. The number of carbonyl (C=O) groups is 1. The zero-order valence-electron chi connectivity index (χ0n) is 11.0. The number of rotatable bonds is 2. The Labute approximate surface area is 110 Å². The number of aromatic hydroxyl groups is 3. The largest absolute Gasteiger partial charge is 0.507 e. The molecule has 0 fully saturated rings. The number of phenols is 3. The third-order valence-electron chi connectivity index (χ3n) is 3.17. The first-order valence-electron chi connectivity index (χ1n) is 5.97. The fourth-order valence-corrected chi connectivity index (χ4v) is 2.39. The number of benzene rings is 2. The van der Waals surface area contributed by atoms with Gasteiger partial charge in [-0.2, -0.15) is 0 Å². The zero-order valence-corrected chi connectivity index (χ0v) is 11.0. The highest BCUT2D eigenvalue weighted by Crippen LogP contribution is 2.45. The molecule has 2 aromatic rings. The molecule has 0 unspecified atom stereocenters. The van der Waals surface area contributed by atoms with Crippen molar-refractivity contribution in [1.29, 1.82) is 0 Å². The summed E-state index contributed by atoms with van der Waals surface area (Å²) in [7, 11) is 0. The summed E-state index contributed by atoms with van der Waals surface area (Å²) < 4.78 is 0. The number of aldehydes is 1. The summed E-state index contributed by atoms with van der Waals surface area (Å²) in [6.45, 7) is 5.48. The first-order valence-corrected chi connectivity index (χ1v) is 5.97. The van der Waals surface area contributed by atoms with E-state index in [9.17, 15) is 20.1 Å². The highest BCUT2D eigenvalue weighted by atomic mass is 16.3. The maximum atomic E-state index is 11.1. The predicted molar refractivity (Wildman–Crippen MR) is 72.0 cm³/mol. The van der Waals surface area contributed by atoms with Crippen LogP contribution in [0.15, 0.2) is 6.07 Å².